The number of benzene rings is 1. The Morgan fingerprint density at radius 2 is 2.06 bits per heavy atom. The van der Waals surface area contributed by atoms with Gasteiger partial charge in [0.25, 0.3) is 0 Å². The molecule has 0 amide bonds. The summed E-state index contributed by atoms with van der Waals surface area (Å²) in [5, 5.41) is 0.993. The van der Waals surface area contributed by atoms with Gasteiger partial charge >= 0.3 is 0 Å². The van der Waals surface area contributed by atoms with E-state index in [2.05, 4.69) is 35.8 Å². The summed E-state index contributed by atoms with van der Waals surface area (Å²) in [5.41, 5.74) is 1.97. The summed E-state index contributed by atoms with van der Waals surface area (Å²) in [4.78, 5) is 11.9. The maximum Gasteiger partial charge on any atom is 0.198 e. The number of rotatable bonds is 4. The molecule has 96 valence electrons. The topological polar surface area (TPSA) is 30.2 Å². The van der Waals surface area contributed by atoms with E-state index in [4.69, 9.17) is 4.42 Å². The molecule has 2 rings (SSSR count). The molecule has 0 fully saturated rings. The third kappa shape index (κ3) is 2.51. The number of furan rings is 1. The second-order valence-electron chi connectivity index (χ2n) is 4.85. The molecule has 0 N–H and O–H groups in total. The van der Waals surface area contributed by atoms with Crippen molar-refractivity contribution in [1.29, 1.82) is 0 Å². The lowest BCUT2D eigenvalue weighted by molar-refractivity contribution is 0.0957. The maximum absolute atomic E-state index is 11.9. The molecule has 0 aliphatic carbocycles. The smallest absolute Gasteiger partial charge is 0.198 e. The van der Waals surface area contributed by atoms with Crippen molar-refractivity contribution in [3.63, 3.8) is 0 Å². The Morgan fingerprint density at radius 3 is 2.67 bits per heavy atom. The zero-order valence-corrected chi connectivity index (χ0v) is 12.5. The molecule has 0 atom stereocenters. The first kappa shape index (κ1) is 13.3. The van der Waals surface area contributed by atoms with Crippen LogP contribution in [0.3, 0.4) is 0 Å². The number of carbonyl (C=O) groups excluding carboxylic acids is 1. The van der Waals surface area contributed by atoms with Gasteiger partial charge in [0.2, 0.25) is 0 Å². The summed E-state index contributed by atoms with van der Waals surface area (Å²) in [5.74, 6) is 0.927. The molecule has 18 heavy (non-hydrogen) atoms. The van der Waals surface area contributed by atoms with E-state index in [1.807, 2.05) is 19.1 Å². The molecule has 0 bridgehead atoms. The van der Waals surface area contributed by atoms with E-state index < -0.39 is 0 Å². The fraction of sp³-hybridized carbons (Fsp3) is 0.400. The Bertz CT molecular complexity index is 581. The van der Waals surface area contributed by atoms with Gasteiger partial charge in [0.1, 0.15) is 5.58 Å². The fourth-order valence-electron chi connectivity index (χ4n) is 2.06. The molecule has 1 heterocycles. The molecule has 1 aromatic carbocycles. The van der Waals surface area contributed by atoms with Crippen molar-refractivity contribution < 1.29 is 9.21 Å². The van der Waals surface area contributed by atoms with Crippen LogP contribution >= 0.6 is 15.9 Å². The van der Waals surface area contributed by atoms with Gasteiger partial charge in [0.15, 0.2) is 11.5 Å². The summed E-state index contributed by atoms with van der Waals surface area (Å²) < 4.78 is 6.78. The number of carbonyl (C=O) groups is 1. The van der Waals surface area contributed by atoms with Crippen molar-refractivity contribution in [3.8, 4) is 0 Å². The zero-order valence-electron chi connectivity index (χ0n) is 10.9. The van der Waals surface area contributed by atoms with Crippen LogP contribution in [-0.4, -0.2) is 5.78 Å². The van der Waals surface area contributed by atoms with Crippen LogP contribution in [0.2, 0.25) is 0 Å². The van der Waals surface area contributed by atoms with E-state index in [1.165, 1.54) is 0 Å². The number of ketones is 1. The first-order chi connectivity index (χ1) is 8.52. The molecular weight excluding hydrogens is 292 g/mol. The monoisotopic (exact) mass is 308 g/mol. The molecule has 0 saturated carbocycles. The van der Waals surface area contributed by atoms with Crippen molar-refractivity contribution >= 4 is 32.7 Å². The lowest BCUT2D eigenvalue weighted by Gasteiger charge is -2.06. The van der Waals surface area contributed by atoms with Gasteiger partial charge in [-0.3, -0.25) is 4.79 Å². The van der Waals surface area contributed by atoms with Gasteiger partial charge in [0, 0.05) is 16.3 Å². The Labute approximate surface area is 115 Å². The Morgan fingerprint density at radius 1 is 1.33 bits per heavy atom. The third-order valence-electron chi connectivity index (χ3n) is 2.98. The predicted octanol–water partition coefficient (Wildman–Crippen LogP) is 5.30. The molecular formula is C15H17BrO2. The fourth-order valence-corrected chi connectivity index (χ4v) is 2.55. The normalized spacial score (nSPS) is 11.4. The van der Waals surface area contributed by atoms with Gasteiger partial charge in [-0.25, -0.2) is 0 Å². The molecule has 0 aliphatic rings. The zero-order chi connectivity index (χ0) is 13.3. The second-order valence-corrected chi connectivity index (χ2v) is 5.77. The third-order valence-corrected chi connectivity index (χ3v) is 3.44. The lowest BCUT2D eigenvalue weighted by atomic mass is 10.0. The van der Waals surface area contributed by atoms with E-state index in [9.17, 15) is 4.79 Å². The highest BCUT2D eigenvalue weighted by molar-refractivity contribution is 9.10. The highest BCUT2D eigenvalue weighted by atomic mass is 79.9. The quantitative estimate of drug-likeness (QED) is 0.717. The molecule has 0 unspecified atom stereocenters. The largest absolute Gasteiger partial charge is 0.453 e. The van der Waals surface area contributed by atoms with E-state index in [0.717, 1.165) is 27.4 Å². The van der Waals surface area contributed by atoms with E-state index >= 15 is 0 Å². The average Bonchev–Trinajstić information content (AvgIpc) is 2.71. The lowest BCUT2D eigenvalue weighted by Crippen LogP contribution is -1.94. The summed E-state index contributed by atoms with van der Waals surface area (Å²) in [7, 11) is 0. The van der Waals surface area contributed by atoms with Crippen LogP contribution in [-0.2, 0) is 0 Å². The Balaban J connectivity index is 2.56. The molecule has 0 saturated heterocycles. The van der Waals surface area contributed by atoms with Crippen LogP contribution in [0.25, 0.3) is 11.0 Å². The van der Waals surface area contributed by atoms with E-state index in [0.29, 0.717) is 18.1 Å². The number of hydrogen-bond donors (Lipinski definition) is 0. The van der Waals surface area contributed by atoms with Crippen LogP contribution in [0.4, 0.5) is 0 Å². The summed E-state index contributed by atoms with van der Waals surface area (Å²) >= 11 is 3.50. The minimum absolute atomic E-state index is 0.0829. The second kappa shape index (κ2) is 5.27. The van der Waals surface area contributed by atoms with Crippen molar-refractivity contribution in [2.45, 2.75) is 39.5 Å². The maximum atomic E-state index is 11.9. The number of Topliss-reactive ketones (excluding diaryl/α,β-unsaturated/α-hetero) is 1. The van der Waals surface area contributed by atoms with Crippen LogP contribution in [0, 0.1) is 0 Å². The summed E-state index contributed by atoms with van der Waals surface area (Å²) in [6.07, 6.45) is 1.38. The molecule has 2 aromatic rings. The minimum atomic E-state index is 0.0829. The standard InChI is InChI=1S/C15H17BrO2/c1-4-5-13(17)14-7-10-6-11(16)8-12(9(2)3)15(10)18-14/h6-9H,4-5H2,1-3H3. The Hall–Kier alpha value is -1.09. The predicted molar refractivity (Wildman–Crippen MR) is 77.2 cm³/mol. The van der Waals surface area contributed by atoms with Crippen molar-refractivity contribution in [2.75, 3.05) is 0 Å². The van der Waals surface area contributed by atoms with Crippen LogP contribution in [0.5, 0.6) is 0 Å². The molecule has 1 aromatic heterocycles. The van der Waals surface area contributed by atoms with Crippen molar-refractivity contribution in [1.82, 2.24) is 0 Å². The van der Waals surface area contributed by atoms with Gasteiger partial charge < -0.3 is 4.42 Å². The first-order valence-corrected chi connectivity index (χ1v) is 7.08. The van der Waals surface area contributed by atoms with E-state index in [-0.39, 0.29) is 5.78 Å². The molecule has 0 aliphatic heterocycles. The van der Waals surface area contributed by atoms with Gasteiger partial charge in [-0.2, -0.15) is 0 Å². The highest BCUT2D eigenvalue weighted by Gasteiger charge is 2.15. The summed E-state index contributed by atoms with van der Waals surface area (Å²) in [6, 6.07) is 5.90. The minimum Gasteiger partial charge on any atom is -0.453 e. The van der Waals surface area contributed by atoms with Crippen LogP contribution in [0.1, 0.15) is 55.6 Å². The number of halogens is 1. The molecule has 0 spiro atoms. The van der Waals surface area contributed by atoms with Gasteiger partial charge in [-0.1, -0.05) is 36.7 Å². The van der Waals surface area contributed by atoms with Gasteiger partial charge in [-0.15, -0.1) is 0 Å². The highest BCUT2D eigenvalue weighted by Crippen LogP contribution is 2.32. The Kier molecular flexibility index (Phi) is 3.91. The van der Waals surface area contributed by atoms with Crippen molar-refractivity contribution in [2.24, 2.45) is 0 Å². The summed E-state index contributed by atoms with van der Waals surface area (Å²) in [6.45, 7) is 6.24. The average molecular weight is 309 g/mol. The van der Waals surface area contributed by atoms with Crippen LogP contribution in [0.15, 0.2) is 27.1 Å². The molecule has 2 nitrogen and oxygen atoms in total. The van der Waals surface area contributed by atoms with Crippen molar-refractivity contribution in [3.05, 3.63) is 34.0 Å². The van der Waals surface area contributed by atoms with Crippen LogP contribution < -0.4 is 0 Å². The first-order valence-electron chi connectivity index (χ1n) is 6.29. The van der Waals surface area contributed by atoms with Gasteiger partial charge in [0.05, 0.1) is 0 Å². The molecule has 3 heteroatoms. The number of fused-ring (bicyclic) bond motifs is 1. The van der Waals surface area contributed by atoms with Gasteiger partial charge in [-0.05, 0) is 36.1 Å². The number of hydrogen-bond acceptors (Lipinski definition) is 2. The van der Waals surface area contributed by atoms with E-state index in [1.54, 1.807) is 0 Å². The SMILES string of the molecule is CCCC(=O)c1cc2cc(Br)cc(C(C)C)c2o1. The molecule has 0 radical (unpaired) electrons.